The van der Waals surface area contributed by atoms with Gasteiger partial charge in [-0.3, -0.25) is 9.69 Å². The topological polar surface area (TPSA) is 64.0 Å². The number of nitrogens with zero attached hydrogens (tertiary/aromatic N) is 2. The van der Waals surface area contributed by atoms with Crippen LogP contribution in [-0.4, -0.2) is 58.2 Å². The van der Waals surface area contributed by atoms with Gasteiger partial charge in [0, 0.05) is 42.8 Å². The Morgan fingerprint density at radius 2 is 2.00 bits per heavy atom. The van der Waals surface area contributed by atoms with Gasteiger partial charge in [-0.2, -0.15) is 0 Å². The van der Waals surface area contributed by atoms with Crippen LogP contribution in [0.5, 0.6) is 5.75 Å². The van der Waals surface area contributed by atoms with Crippen LogP contribution >= 0.6 is 15.9 Å². The highest BCUT2D eigenvalue weighted by Gasteiger charge is 2.24. The SMILES string of the molecule is CC(O)C(=O)N1CCN(Cc2cc(Br)ccc2O)CC1. The van der Waals surface area contributed by atoms with E-state index in [0.29, 0.717) is 19.6 Å². The third-order valence-electron chi connectivity index (χ3n) is 3.48. The molecule has 0 spiro atoms. The van der Waals surface area contributed by atoms with Gasteiger partial charge in [0.2, 0.25) is 0 Å². The van der Waals surface area contributed by atoms with Gasteiger partial charge in [0.25, 0.3) is 5.91 Å². The standard InChI is InChI=1S/C14H19BrN2O3/c1-10(18)14(20)17-6-4-16(5-7-17)9-11-8-12(15)2-3-13(11)19/h2-3,8,10,18-19H,4-7,9H2,1H3. The average molecular weight is 343 g/mol. The summed E-state index contributed by atoms with van der Waals surface area (Å²) >= 11 is 3.40. The zero-order valence-corrected chi connectivity index (χ0v) is 13.0. The molecule has 1 atom stereocenters. The Labute approximate surface area is 126 Å². The first-order valence-electron chi connectivity index (χ1n) is 6.64. The van der Waals surface area contributed by atoms with Gasteiger partial charge in [0.1, 0.15) is 11.9 Å². The van der Waals surface area contributed by atoms with Crippen molar-refractivity contribution in [3.63, 3.8) is 0 Å². The van der Waals surface area contributed by atoms with E-state index < -0.39 is 6.10 Å². The van der Waals surface area contributed by atoms with Crippen molar-refractivity contribution in [2.75, 3.05) is 26.2 Å². The fourth-order valence-corrected chi connectivity index (χ4v) is 2.72. The van der Waals surface area contributed by atoms with Crippen molar-refractivity contribution in [3.05, 3.63) is 28.2 Å². The molecular formula is C14H19BrN2O3. The van der Waals surface area contributed by atoms with Crippen LogP contribution in [0.25, 0.3) is 0 Å². The van der Waals surface area contributed by atoms with Crippen LogP contribution in [0, 0.1) is 0 Å². The Morgan fingerprint density at radius 3 is 2.60 bits per heavy atom. The average Bonchev–Trinajstić information content (AvgIpc) is 2.43. The predicted molar refractivity (Wildman–Crippen MR) is 79.3 cm³/mol. The summed E-state index contributed by atoms with van der Waals surface area (Å²) in [4.78, 5) is 15.5. The number of piperazine rings is 1. The van der Waals surface area contributed by atoms with Gasteiger partial charge < -0.3 is 15.1 Å². The van der Waals surface area contributed by atoms with E-state index >= 15 is 0 Å². The summed E-state index contributed by atoms with van der Waals surface area (Å²) < 4.78 is 0.938. The lowest BCUT2D eigenvalue weighted by Gasteiger charge is -2.35. The lowest BCUT2D eigenvalue weighted by Crippen LogP contribution is -2.50. The fraction of sp³-hybridized carbons (Fsp3) is 0.500. The number of hydrogen-bond donors (Lipinski definition) is 2. The van der Waals surface area contributed by atoms with E-state index in [2.05, 4.69) is 20.8 Å². The number of phenolic OH excluding ortho intramolecular Hbond substituents is 1. The number of amides is 1. The molecule has 1 saturated heterocycles. The van der Waals surface area contributed by atoms with Crippen molar-refractivity contribution in [1.29, 1.82) is 0 Å². The molecule has 1 aliphatic rings. The van der Waals surface area contributed by atoms with Gasteiger partial charge in [-0.25, -0.2) is 0 Å². The molecule has 0 radical (unpaired) electrons. The molecule has 2 rings (SSSR count). The summed E-state index contributed by atoms with van der Waals surface area (Å²) in [6.07, 6.45) is -0.935. The number of phenols is 1. The van der Waals surface area contributed by atoms with Crippen LogP contribution in [0.3, 0.4) is 0 Å². The van der Waals surface area contributed by atoms with E-state index in [1.807, 2.05) is 6.07 Å². The van der Waals surface area contributed by atoms with Crippen LogP contribution < -0.4 is 0 Å². The van der Waals surface area contributed by atoms with Crippen LogP contribution in [0.2, 0.25) is 0 Å². The number of benzene rings is 1. The predicted octanol–water partition coefficient (Wildman–Crippen LogP) is 1.18. The van der Waals surface area contributed by atoms with Gasteiger partial charge >= 0.3 is 0 Å². The normalized spacial score (nSPS) is 18.1. The molecule has 6 heteroatoms. The summed E-state index contributed by atoms with van der Waals surface area (Å²) in [7, 11) is 0. The number of halogens is 1. The first-order chi connectivity index (χ1) is 9.47. The largest absolute Gasteiger partial charge is 0.508 e. The number of carbonyl (C=O) groups excluding carboxylic acids is 1. The molecule has 5 nitrogen and oxygen atoms in total. The van der Waals surface area contributed by atoms with Gasteiger partial charge in [0.15, 0.2) is 0 Å². The molecule has 1 aliphatic heterocycles. The Kier molecular flexibility index (Phi) is 5.01. The van der Waals surface area contributed by atoms with Crippen LogP contribution in [0.1, 0.15) is 12.5 Å². The number of aliphatic hydroxyl groups is 1. The lowest BCUT2D eigenvalue weighted by molar-refractivity contribution is -0.141. The molecule has 1 fully saturated rings. The monoisotopic (exact) mass is 342 g/mol. The van der Waals surface area contributed by atoms with E-state index in [4.69, 9.17) is 0 Å². The molecule has 1 amide bonds. The molecule has 1 heterocycles. The summed E-state index contributed by atoms with van der Waals surface area (Å²) in [5.41, 5.74) is 0.870. The van der Waals surface area contributed by atoms with E-state index in [-0.39, 0.29) is 11.7 Å². The Bertz CT molecular complexity index is 485. The minimum absolute atomic E-state index is 0.213. The van der Waals surface area contributed by atoms with Crippen molar-refractivity contribution in [2.45, 2.75) is 19.6 Å². The molecule has 0 saturated carbocycles. The molecule has 0 aliphatic carbocycles. The highest BCUT2D eigenvalue weighted by Crippen LogP contribution is 2.23. The molecule has 20 heavy (non-hydrogen) atoms. The van der Waals surface area contributed by atoms with Crippen molar-refractivity contribution in [3.8, 4) is 5.75 Å². The number of aliphatic hydroxyl groups excluding tert-OH is 1. The van der Waals surface area contributed by atoms with Crippen LogP contribution in [0.15, 0.2) is 22.7 Å². The summed E-state index contributed by atoms with van der Waals surface area (Å²) in [5.74, 6) is 0.0747. The number of aromatic hydroxyl groups is 1. The van der Waals surface area contributed by atoms with Crippen molar-refractivity contribution >= 4 is 21.8 Å². The third-order valence-corrected chi connectivity index (χ3v) is 3.97. The van der Waals surface area contributed by atoms with Crippen molar-refractivity contribution in [1.82, 2.24) is 9.80 Å². The van der Waals surface area contributed by atoms with Crippen molar-refractivity contribution < 1.29 is 15.0 Å². The first kappa shape index (κ1) is 15.3. The van der Waals surface area contributed by atoms with E-state index in [9.17, 15) is 15.0 Å². The maximum absolute atomic E-state index is 11.7. The highest BCUT2D eigenvalue weighted by atomic mass is 79.9. The summed E-state index contributed by atoms with van der Waals surface area (Å²) in [6, 6.07) is 5.38. The maximum Gasteiger partial charge on any atom is 0.251 e. The second-order valence-electron chi connectivity index (χ2n) is 5.05. The minimum Gasteiger partial charge on any atom is -0.508 e. The molecule has 1 aromatic carbocycles. The Hall–Kier alpha value is -1.11. The van der Waals surface area contributed by atoms with Gasteiger partial charge in [0.05, 0.1) is 0 Å². The summed E-state index contributed by atoms with van der Waals surface area (Å²) in [5, 5.41) is 19.1. The third kappa shape index (κ3) is 3.71. The zero-order valence-electron chi connectivity index (χ0n) is 11.4. The van der Waals surface area contributed by atoms with Crippen LogP contribution in [0.4, 0.5) is 0 Å². The van der Waals surface area contributed by atoms with E-state index in [1.165, 1.54) is 6.92 Å². The maximum atomic E-state index is 11.7. The fourth-order valence-electron chi connectivity index (χ4n) is 2.31. The molecule has 2 N–H and O–H groups in total. The lowest BCUT2D eigenvalue weighted by atomic mass is 10.1. The minimum atomic E-state index is -0.935. The molecule has 0 aromatic heterocycles. The number of hydrogen-bond acceptors (Lipinski definition) is 4. The Morgan fingerprint density at radius 1 is 1.35 bits per heavy atom. The molecule has 1 aromatic rings. The Balaban J connectivity index is 1.91. The second kappa shape index (κ2) is 6.56. The van der Waals surface area contributed by atoms with Gasteiger partial charge in [-0.15, -0.1) is 0 Å². The first-order valence-corrected chi connectivity index (χ1v) is 7.43. The second-order valence-corrected chi connectivity index (χ2v) is 5.97. The van der Waals surface area contributed by atoms with Gasteiger partial charge in [-0.05, 0) is 25.1 Å². The molecule has 1 unspecified atom stereocenters. The number of rotatable bonds is 3. The number of carbonyl (C=O) groups is 1. The summed E-state index contributed by atoms with van der Waals surface area (Å²) in [6.45, 7) is 4.85. The molecule has 110 valence electrons. The van der Waals surface area contributed by atoms with Crippen molar-refractivity contribution in [2.24, 2.45) is 0 Å². The zero-order chi connectivity index (χ0) is 14.7. The smallest absolute Gasteiger partial charge is 0.251 e. The van der Waals surface area contributed by atoms with E-state index in [1.54, 1.807) is 17.0 Å². The van der Waals surface area contributed by atoms with Crippen LogP contribution in [-0.2, 0) is 11.3 Å². The van der Waals surface area contributed by atoms with E-state index in [0.717, 1.165) is 23.1 Å². The highest BCUT2D eigenvalue weighted by molar-refractivity contribution is 9.10. The molecular weight excluding hydrogens is 324 g/mol. The molecule has 0 bridgehead atoms. The quantitative estimate of drug-likeness (QED) is 0.865. The van der Waals surface area contributed by atoms with Gasteiger partial charge in [-0.1, -0.05) is 15.9 Å².